The van der Waals surface area contributed by atoms with Gasteiger partial charge in [-0.25, -0.2) is 9.80 Å². The van der Waals surface area contributed by atoms with E-state index in [1.807, 2.05) is 0 Å². The molecule has 0 saturated carbocycles. The molecule has 1 heterocycles. The molecule has 1 aliphatic rings. The summed E-state index contributed by atoms with van der Waals surface area (Å²) in [7, 11) is 5.06. The summed E-state index contributed by atoms with van der Waals surface area (Å²) in [6, 6.07) is -0.329. The van der Waals surface area contributed by atoms with Gasteiger partial charge in [0.25, 0.3) is 5.91 Å². The molecule has 0 aromatic heterocycles. The van der Waals surface area contributed by atoms with E-state index >= 15 is 0 Å². The van der Waals surface area contributed by atoms with E-state index in [1.165, 1.54) is 9.91 Å². The Morgan fingerprint density at radius 1 is 1.64 bits per heavy atom. The van der Waals surface area contributed by atoms with Gasteiger partial charge in [-0.15, -0.1) is 0 Å². The summed E-state index contributed by atoms with van der Waals surface area (Å²) in [5.74, 6) is -0.0716. The maximum Gasteiger partial charge on any atom is 0.338 e. The number of nitrogens with zero attached hydrogens (tertiary/aromatic N) is 2. The average molecular weight is 284 g/mol. The minimum atomic E-state index is -0.329. The molecule has 0 aromatic carbocycles. The van der Waals surface area contributed by atoms with Crippen molar-refractivity contribution in [1.82, 2.24) is 15.3 Å². The highest BCUT2D eigenvalue weighted by molar-refractivity contribution is 7.19. The largest absolute Gasteiger partial charge is 1.00 e. The summed E-state index contributed by atoms with van der Waals surface area (Å²) in [6.45, 7) is 0.534. The van der Waals surface area contributed by atoms with Crippen LogP contribution in [0, 0.1) is 0 Å². The maximum absolute atomic E-state index is 11.4. The highest BCUT2D eigenvalue weighted by atomic mass is 79.9. The molecule has 1 rings (SSSR count). The Balaban J connectivity index is 0.00000169. The molecule has 5 nitrogen and oxygen atoms in total. The van der Waals surface area contributed by atoms with Crippen molar-refractivity contribution in [3.8, 4) is 0 Å². The van der Waals surface area contributed by atoms with Crippen LogP contribution in [0.4, 0.5) is 4.79 Å². The second-order valence-corrected chi connectivity index (χ2v) is 4.27. The summed E-state index contributed by atoms with van der Waals surface area (Å²) in [5.41, 5.74) is 2.55. The van der Waals surface area contributed by atoms with Gasteiger partial charge in [0.1, 0.15) is 5.66 Å². The molecule has 1 N–H and O–H groups in total. The van der Waals surface area contributed by atoms with Crippen LogP contribution in [-0.4, -0.2) is 48.1 Å². The number of likely N-dealkylation sites (tertiary alicyclic amines) is 1. The van der Waals surface area contributed by atoms with Crippen molar-refractivity contribution in [1.29, 1.82) is 0 Å². The Hall–Kier alpha value is -0.190. The molecule has 1 fully saturated rings. The molecule has 0 aromatic rings. The molecule has 2 atom stereocenters. The zero-order chi connectivity index (χ0) is 10.0. The van der Waals surface area contributed by atoms with Crippen molar-refractivity contribution >= 4 is 21.2 Å². The van der Waals surface area contributed by atoms with E-state index < -0.39 is 0 Å². The predicted octanol–water partition coefficient (Wildman–Crippen LogP) is -3.62. The first-order chi connectivity index (χ1) is 6.02. The van der Waals surface area contributed by atoms with Gasteiger partial charge in [0.05, 0.1) is 0 Å². The van der Waals surface area contributed by atoms with Gasteiger partial charge in [0.2, 0.25) is 0 Å². The molecule has 0 bridgehead atoms. The van der Waals surface area contributed by atoms with E-state index in [1.54, 1.807) is 23.3 Å². The summed E-state index contributed by atoms with van der Waals surface area (Å²) >= 11 is 0. The Kier molecular flexibility index (Phi) is 5.56. The number of nitrogens with one attached hydrogen (secondary N) is 1. The summed E-state index contributed by atoms with van der Waals surface area (Å²) < 4.78 is 0. The third kappa shape index (κ3) is 3.19. The van der Waals surface area contributed by atoms with Crippen LogP contribution in [0.3, 0.4) is 0 Å². The van der Waals surface area contributed by atoms with Crippen LogP contribution in [0.2, 0.25) is 0 Å². The molecule has 1 saturated heterocycles. The first-order valence-corrected chi connectivity index (χ1v) is 4.96. The summed E-state index contributed by atoms with van der Waals surface area (Å²) in [4.78, 5) is 24.0. The van der Waals surface area contributed by atoms with Crippen LogP contribution in [-0.2, 0) is 4.79 Å². The standard InChI is InChI=1S/C7H14N3O2P.BrH/c1-9(2)8-7(12)10-4-3-5(13)6(10)11;/h5H,3-4,13H2,1-2H3,(H,8,12);1H. The number of hydrogen-bond acceptors (Lipinski definition) is 3. The van der Waals surface area contributed by atoms with Gasteiger partial charge in [-0.3, -0.25) is 15.1 Å². The number of carbonyl (C=O) groups is 2. The summed E-state index contributed by atoms with van der Waals surface area (Å²) in [5, 5.41) is 1.53. The highest BCUT2D eigenvalue weighted by Crippen LogP contribution is 2.18. The molecule has 2 unspecified atom stereocenters. The normalized spacial score (nSPS) is 21.2. The topological polar surface area (TPSA) is 52.7 Å². The lowest BCUT2D eigenvalue weighted by molar-refractivity contribution is -0.124. The fraction of sp³-hybridized carbons (Fsp3) is 0.714. The Labute approximate surface area is 96.1 Å². The van der Waals surface area contributed by atoms with E-state index in [4.69, 9.17) is 0 Å². The lowest BCUT2D eigenvalue weighted by Gasteiger charge is -2.17. The van der Waals surface area contributed by atoms with Gasteiger partial charge in [-0.1, -0.05) is 0 Å². The van der Waals surface area contributed by atoms with Gasteiger partial charge in [0.15, 0.2) is 0 Å². The van der Waals surface area contributed by atoms with Gasteiger partial charge in [-0.05, 0) is 9.24 Å². The van der Waals surface area contributed by atoms with E-state index in [0.717, 1.165) is 6.42 Å². The fourth-order valence-corrected chi connectivity index (χ4v) is 1.60. The van der Waals surface area contributed by atoms with Gasteiger partial charge >= 0.3 is 6.03 Å². The smallest absolute Gasteiger partial charge is 0.338 e. The second kappa shape index (κ2) is 5.63. The van der Waals surface area contributed by atoms with Gasteiger partial charge in [0, 0.05) is 27.1 Å². The molecule has 14 heavy (non-hydrogen) atoms. The van der Waals surface area contributed by atoms with E-state index in [-0.39, 0.29) is 34.6 Å². The zero-order valence-electron chi connectivity index (χ0n) is 8.29. The number of carbonyl (C=O) groups excluding carboxylic acids is 2. The maximum atomic E-state index is 11.4. The van der Waals surface area contributed by atoms with Crippen molar-refractivity contribution in [2.24, 2.45) is 0 Å². The number of hydrogen-bond donors (Lipinski definition) is 1. The van der Waals surface area contributed by atoms with Crippen molar-refractivity contribution in [3.05, 3.63) is 0 Å². The van der Waals surface area contributed by atoms with Crippen molar-refractivity contribution in [2.45, 2.75) is 12.1 Å². The third-order valence-electron chi connectivity index (χ3n) is 1.88. The average Bonchev–Trinajstić information content (AvgIpc) is 2.31. The van der Waals surface area contributed by atoms with Crippen LogP contribution in [0.1, 0.15) is 6.42 Å². The van der Waals surface area contributed by atoms with Crippen LogP contribution in [0.25, 0.3) is 0 Å². The summed E-state index contributed by atoms with van der Waals surface area (Å²) in [6.07, 6.45) is 0.776. The quantitative estimate of drug-likeness (QED) is 0.400. The number of rotatable bonds is 1. The van der Waals surface area contributed by atoms with Crippen LogP contribution in [0.5, 0.6) is 0 Å². The SMILES string of the molecule is CN(C)NC(=O)N1CCC([PH3+])C1=O.[Br-]. The molecule has 3 amide bonds. The predicted molar refractivity (Wildman–Crippen MR) is 53.4 cm³/mol. The molecule has 1 aliphatic heterocycles. The second-order valence-electron chi connectivity index (χ2n) is 3.29. The van der Waals surface area contributed by atoms with Gasteiger partial charge in [-0.2, -0.15) is 0 Å². The number of hydrazine groups is 1. The number of amides is 3. The fourth-order valence-electron chi connectivity index (χ4n) is 1.19. The molecule has 0 aliphatic carbocycles. The van der Waals surface area contributed by atoms with Crippen molar-refractivity contribution < 1.29 is 26.6 Å². The van der Waals surface area contributed by atoms with Crippen LogP contribution < -0.4 is 22.4 Å². The molecule has 0 spiro atoms. The number of imide groups is 1. The lowest BCUT2D eigenvalue weighted by Crippen LogP contribution is -3.00. The highest BCUT2D eigenvalue weighted by Gasteiger charge is 2.35. The Bertz CT molecular complexity index is 237. The molecule has 82 valence electrons. The van der Waals surface area contributed by atoms with E-state index in [9.17, 15) is 9.59 Å². The van der Waals surface area contributed by atoms with Crippen molar-refractivity contribution in [2.75, 3.05) is 20.6 Å². The van der Waals surface area contributed by atoms with Gasteiger partial charge < -0.3 is 17.0 Å². The lowest BCUT2D eigenvalue weighted by atomic mass is 10.4. The molecular weight excluding hydrogens is 269 g/mol. The molecule has 0 radical (unpaired) electrons. The monoisotopic (exact) mass is 283 g/mol. The first kappa shape index (κ1) is 13.8. The molecule has 7 heteroatoms. The van der Waals surface area contributed by atoms with E-state index in [0.29, 0.717) is 6.54 Å². The minimum Gasteiger partial charge on any atom is -1.00 e. The van der Waals surface area contributed by atoms with E-state index in [2.05, 4.69) is 5.43 Å². The van der Waals surface area contributed by atoms with Crippen LogP contribution in [0.15, 0.2) is 0 Å². The third-order valence-corrected chi connectivity index (χ3v) is 2.64. The number of halogens is 1. The Morgan fingerprint density at radius 2 is 2.21 bits per heavy atom. The van der Waals surface area contributed by atoms with Crippen LogP contribution >= 0.6 is 9.24 Å². The first-order valence-electron chi connectivity index (χ1n) is 4.14. The zero-order valence-corrected chi connectivity index (χ0v) is 11.3. The minimum absolute atomic E-state index is 0. The molecular formula is C7H15BrN3O2P. The van der Waals surface area contributed by atoms with Crippen molar-refractivity contribution in [3.63, 3.8) is 0 Å². The Morgan fingerprint density at radius 3 is 2.57 bits per heavy atom. The number of urea groups is 1.